The second-order valence-corrected chi connectivity index (χ2v) is 7.15. The van der Waals surface area contributed by atoms with E-state index in [1.807, 2.05) is 12.4 Å². The van der Waals surface area contributed by atoms with E-state index in [1.165, 1.54) is 37.8 Å². The molecule has 1 aromatic rings. The lowest BCUT2D eigenvalue weighted by Crippen LogP contribution is -2.56. The van der Waals surface area contributed by atoms with E-state index in [0.29, 0.717) is 12.1 Å². The van der Waals surface area contributed by atoms with Crippen LogP contribution < -0.4 is 5.32 Å². The Hall–Kier alpha value is -0.450. The molecule has 1 saturated carbocycles. The molecule has 2 heterocycles. The van der Waals surface area contributed by atoms with Crippen LogP contribution in [-0.2, 0) is 6.54 Å². The van der Waals surface area contributed by atoms with E-state index in [2.05, 4.69) is 44.1 Å². The van der Waals surface area contributed by atoms with Gasteiger partial charge in [-0.1, -0.05) is 13.3 Å². The first-order chi connectivity index (χ1) is 9.76. The van der Waals surface area contributed by atoms with Crippen LogP contribution in [-0.4, -0.2) is 35.1 Å². The number of nitrogens with zero attached hydrogens (tertiary/aromatic N) is 2. The molecule has 3 nitrogen and oxygen atoms in total. The Bertz CT molecular complexity index is 447. The Morgan fingerprint density at radius 1 is 1.40 bits per heavy atom. The Morgan fingerprint density at radius 3 is 2.95 bits per heavy atom. The highest BCUT2D eigenvalue weighted by Crippen LogP contribution is 2.34. The highest BCUT2D eigenvalue weighted by atomic mass is 79.9. The molecule has 2 aliphatic rings. The zero-order valence-corrected chi connectivity index (χ0v) is 13.8. The number of nitrogens with one attached hydrogen (secondary N) is 1. The molecule has 0 radical (unpaired) electrons. The van der Waals surface area contributed by atoms with Crippen LogP contribution in [0.15, 0.2) is 22.9 Å². The van der Waals surface area contributed by atoms with Gasteiger partial charge in [0.25, 0.3) is 0 Å². The average molecular weight is 338 g/mol. The summed E-state index contributed by atoms with van der Waals surface area (Å²) in [6.07, 6.45) is 9.24. The molecule has 2 unspecified atom stereocenters. The second-order valence-electron chi connectivity index (χ2n) is 6.24. The third-order valence-electron chi connectivity index (χ3n) is 4.52. The quantitative estimate of drug-likeness (QED) is 0.894. The first-order valence-corrected chi connectivity index (χ1v) is 8.62. The van der Waals surface area contributed by atoms with E-state index >= 15 is 0 Å². The number of pyridine rings is 1. The number of hydrogen-bond acceptors (Lipinski definition) is 3. The summed E-state index contributed by atoms with van der Waals surface area (Å²) in [4.78, 5) is 6.97. The fourth-order valence-corrected chi connectivity index (χ4v) is 3.70. The molecule has 1 aliphatic carbocycles. The van der Waals surface area contributed by atoms with Crippen molar-refractivity contribution in [2.24, 2.45) is 5.92 Å². The van der Waals surface area contributed by atoms with Crippen molar-refractivity contribution in [3.63, 3.8) is 0 Å². The molecule has 2 atom stereocenters. The summed E-state index contributed by atoms with van der Waals surface area (Å²) in [5.74, 6) is 0.931. The predicted octanol–water partition coefficient (Wildman–Crippen LogP) is 3.20. The zero-order chi connectivity index (χ0) is 13.9. The maximum atomic E-state index is 4.30. The van der Waals surface area contributed by atoms with Gasteiger partial charge in [0.1, 0.15) is 0 Å². The zero-order valence-electron chi connectivity index (χ0n) is 12.2. The number of piperazine rings is 1. The summed E-state index contributed by atoms with van der Waals surface area (Å²) in [7, 11) is 0. The number of rotatable bonds is 5. The maximum Gasteiger partial charge on any atom is 0.0410 e. The number of aromatic nitrogens is 1. The SMILES string of the molecule is CCCC1CNC(C2CC2)CN1Cc1cncc(Br)c1. The fraction of sp³-hybridized carbons (Fsp3) is 0.688. The average Bonchev–Trinajstić information content (AvgIpc) is 3.25. The van der Waals surface area contributed by atoms with Crippen LogP contribution in [0.1, 0.15) is 38.2 Å². The van der Waals surface area contributed by atoms with Gasteiger partial charge in [-0.05, 0) is 52.7 Å². The van der Waals surface area contributed by atoms with Crippen LogP contribution >= 0.6 is 15.9 Å². The van der Waals surface area contributed by atoms with E-state index in [1.54, 1.807) is 0 Å². The van der Waals surface area contributed by atoms with E-state index in [0.717, 1.165) is 23.5 Å². The van der Waals surface area contributed by atoms with Crippen LogP contribution in [0.2, 0.25) is 0 Å². The summed E-state index contributed by atoms with van der Waals surface area (Å²) < 4.78 is 1.08. The molecule has 0 bridgehead atoms. The molecule has 0 spiro atoms. The second kappa shape index (κ2) is 6.54. The third kappa shape index (κ3) is 3.60. The van der Waals surface area contributed by atoms with Gasteiger partial charge < -0.3 is 5.32 Å². The van der Waals surface area contributed by atoms with Crippen molar-refractivity contribution >= 4 is 15.9 Å². The molecule has 0 aromatic carbocycles. The minimum atomic E-state index is 0.675. The Labute approximate surface area is 130 Å². The first kappa shape index (κ1) is 14.5. The largest absolute Gasteiger partial charge is 0.311 e. The van der Waals surface area contributed by atoms with Gasteiger partial charge in [0.05, 0.1) is 0 Å². The fourth-order valence-electron chi connectivity index (χ4n) is 3.29. The lowest BCUT2D eigenvalue weighted by Gasteiger charge is -2.40. The van der Waals surface area contributed by atoms with Gasteiger partial charge in [0.15, 0.2) is 0 Å². The summed E-state index contributed by atoms with van der Waals surface area (Å²) in [5, 5.41) is 3.78. The van der Waals surface area contributed by atoms with Crippen LogP contribution in [0.3, 0.4) is 0 Å². The van der Waals surface area contributed by atoms with Gasteiger partial charge in [-0.25, -0.2) is 0 Å². The van der Waals surface area contributed by atoms with Crippen molar-refractivity contribution in [3.05, 3.63) is 28.5 Å². The third-order valence-corrected chi connectivity index (χ3v) is 4.96. The maximum absolute atomic E-state index is 4.30. The van der Waals surface area contributed by atoms with Crippen molar-refractivity contribution in [1.82, 2.24) is 15.2 Å². The first-order valence-electron chi connectivity index (χ1n) is 7.83. The van der Waals surface area contributed by atoms with Gasteiger partial charge in [-0.3, -0.25) is 9.88 Å². The minimum absolute atomic E-state index is 0.675. The van der Waals surface area contributed by atoms with Gasteiger partial charge in [-0.15, -0.1) is 0 Å². The molecule has 4 heteroatoms. The van der Waals surface area contributed by atoms with Gasteiger partial charge in [0.2, 0.25) is 0 Å². The number of hydrogen-bond donors (Lipinski definition) is 1. The number of halogens is 1. The highest BCUT2D eigenvalue weighted by Gasteiger charge is 2.36. The van der Waals surface area contributed by atoms with Gasteiger partial charge in [0, 0.05) is 48.6 Å². The molecule has 3 rings (SSSR count). The Morgan fingerprint density at radius 2 is 2.25 bits per heavy atom. The van der Waals surface area contributed by atoms with Crippen LogP contribution in [0, 0.1) is 5.92 Å². The molecule has 20 heavy (non-hydrogen) atoms. The van der Waals surface area contributed by atoms with Crippen molar-refractivity contribution in [2.75, 3.05) is 13.1 Å². The molecule has 1 N–H and O–H groups in total. The van der Waals surface area contributed by atoms with Crippen LogP contribution in [0.5, 0.6) is 0 Å². The molecule has 2 fully saturated rings. The smallest absolute Gasteiger partial charge is 0.0410 e. The molecule has 110 valence electrons. The topological polar surface area (TPSA) is 28.2 Å². The van der Waals surface area contributed by atoms with Crippen LogP contribution in [0.25, 0.3) is 0 Å². The highest BCUT2D eigenvalue weighted by molar-refractivity contribution is 9.10. The van der Waals surface area contributed by atoms with Gasteiger partial charge >= 0.3 is 0 Å². The molecule has 1 aromatic heterocycles. The Balaban J connectivity index is 1.68. The lowest BCUT2D eigenvalue weighted by molar-refractivity contribution is 0.108. The summed E-state index contributed by atoms with van der Waals surface area (Å²) in [6.45, 7) is 5.66. The van der Waals surface area contributed by atoms with Crippen molar-refractivity contribution in [3.8, 4) is 0 Å². The molecule has 1 aliphatic heterocycles. The molecule has 1 saturated heterocycles. The predicted molar refractivity (Wildman–Crippen MR) is 85.6 cm³/mol. The van der Waals surface area contributed by atoms with E-state index in [9.17, 15) is 0 Å². The standard InChI is InChI=1S/C16H24BrN3/c1-2-3-15-9-19-16(13-4-5-13)11-20(15)10-12-6-14(17)8-18-7-12/h6-8,13,15-16,19H,2-5,9-11H2,1H3. The summed E-state index contributed by atoms with van der Waals surface area (Å²) in [6, 6.07) is 3.58. The monoisotopic (exact) mass is 337 g/mol. The summed E-state index contributed by atoms with van der Waals surface area (Å²) >= 11 is 3.52. The normalized spacial score (nSPS) is 27.7. The van der Waals surface area contributed by atoms with E-state index < -0.39 is 0 Å². The minimum Gasteiger partial charge on any atom is -0.311 e. The van der Waals surface area contributed by atoms with Crippen LogP contribution in [0.4, 0.5) is 0 Å². The van der Waals surface area contributed by atoms with Crippen molar-refractivity contribution < 1.29 is 0 Å². The Kier molecular flexibility index (Phi) is 4.74. The van der Waals surface area contributed by atoms with Crippen molar-refractivity contribution in [2.45, 2.75) is 51.2 Å². The molecular weight excluding hydrogens is 314 g/mol. The molecular formula is C16H24BrN3. The lowest BCUT2D eigenvalue weighted by atomic mass is 10.0. The molecule has 0 amide bonds. The van der Waals surface area contributed by atoms with E-state index in [-0.39, 0.29) is 0 Å². The van der Waals surface area contributed by atoms with Gasteiger partial charge in [-0.2, -0.15) is 0 Å². The van der Waals surface area contributed by atoms with E-state index in [4.69, 9.17) is 0 Å². The van der Waals surface area contributed by atoms with Crippen molar-refractivity contribution in [1.29, 1.82) is 0 Å². The summed E-state index contributed by atoms with van der Waals surface area (Å²) in [5.41, 5.74) is 1.32.